The van der Waals surface area contributed by atoms with Crippen LogP contribution in [0.15, 0.2) is 0 Å². The standard InChI is InChI=1S/C13H27NS3/c1-3-5-7-9-11-14(17,13(15)16)12-10-8-6-4-2/h3-12H2,1-2H3,(H,15,16). The number of quaternary nitrogens is 1. The van der Waals surface area contributed by atoms with Gasteiger partial charge in [0, 0.05) is 0 Å². The molecular formula is C13H27NS3. The molecule has 0 aromatic carbocycles. The van der Waals surface area contributed by atoms with E-state index in [2.05, 4.69) is 26.5 Å². The lowest BCUT2D eigenvalue weighted by molar-refractivity contribution is -0.691. The van der Waals surface area contributed by atoms with Gasteiger partial charge in [-0.1, -0.05) is 52.2 Å². The first-order chi connectivity index (χ1) is 8.06. The van der Waals surface area contributed by atoms with Gasteiger partial charge in [0.1, 0.15) is 0 Å². The van der Waals surface area contributed by atoms with Gasteiger partial charge in [-0.05, 0) is 37.9 Å². The maximum atomic E-state index is 5.64. The number of nitrogens with zero attached hydrogens (tertiary/aromatic N) is 1. The molecule has 0 spiro atoms. The Morgan fingerprint density at radius 1 is 0.941 bits per heavy atom. The van der Waals surface area contributed by atoms with Gasteiger partial charge in [-0.15, -0.1) is 0 Å². The van der Waals surface area contributed by atoms with Crippen LogP contribution < -0.4 is 0 Å². The van der Waals surface area contributed by atoms with E-state index in [0.717, 1.165) is 13.1 Å². The highest BCUT2D eigenvalue weighted by Gasteiger charge is 2.17. The number of unbranched alkanes of at least 4 members (excludes halogenated alkanes) is 6. The zero-order chi connectivity index (χ0) is 13.1. The molecule has 0 aromatic rings. The number of thiol groups is 1. The maximum Gasteiger partial charge on any atom is 0.212 e. The summed E-state index contributed by atoms with van der Waals surface area (Å²) >= 11 is 15.2. The largest absolute Gasteiger partial charge is 0.486 e. The molecule has 0 rings (SSSR count). The van der Waals surface area contributed by atoms with Gasteiger partial charge in [0.15, 0.2) is 0 Å². The fourth-order valence-electron chi connectivity index (χ4n) is 1.89. The Hall–Kier alpha value is 0.750. The van der Waals surface area contributed by atoms with Crippen LogP contribution in [0.25, 0.3) is 0 Å². The van der Waals surface area contributed by atoms with Crippen molar-refractivity contribution in [3.63, 3.8) is 0 Å². The van der Waals surface area contributed by atoms with Gasteiger partial charge in [0.2, 0.25) is 4.32 Å². The van der Waals surface area contributed by atoms with Crippen molar-refractivity contribution < 1.29 is 3.89 Å². The average Bonchev–Trinajstić information content (AvgIpc) is 2.30. The van der Waals surface area contributed by atoms with Gasteiger partial charge >= 0.3 is 0 Å². The first kappa shape index (κ1) is 17.8. The van der Waals surface area contributed by atoms with Crippen molar-refractivity contribution >= 4 is 42.0 Å². The van der Waals surface area contributed by atoms with E-state index >= 15 is 0 Å². The summed E-state index contributed by atoms with van der Waals surface area (Å²) in [6.07, 6.45) is 9.99. The third-order valence-electron chi connectivity index (χ3n) is 3.09. The van der Waals surface area contributed by atoms with E-state index in [4.69, 9.17) is 25.0 Å². The van der Waals surface area contributed by atoms with Gasteiger partial charge in [0.25, 0.3) is 0 Å². The second-order valence-corrected chi connectivity index (χ2v) is 6.55. The summed E-state index contributed by atoms with van der Waals surface area (Å²) < 4.78 is 1.14. The summed E-state index contributed by atoms with van der Waals surface area (Å²) in [6.45, 7) is 6.40. The lowest BCUT2D eigenvalue weighted by atomic mass is 10.2. The Balaban J connectivity index is 3.94. The molecule has 102 valence electrons. The molecule has 0 aliphatic rings. The van der Waals surface area contributed by atoms with Crippen molar-refractivity contribution in [2.75, 3.05) is 13.1 Å². The SMILES string of the molecule is CCCCCC[N+]([S-])(CCCCCC)C(=S)S. The van der Waals surface area contributed by atoms with E-state index in [0.29, 0.717) is 8.21 Å². The average molecular weight is 294 g/mol. The highest BCUT2D eigenvalue weighted by molar-refractivity contribution is 8.10. The predicted octanol–water partition coefficient (Wildman–Crippen LogP) is 4.64. The molecule has 0 bridgehead atoms. The molecule has 0 saturated carbocycles. The monoisotopic (exact) mass is 293 g/mol. The molecule has 0 fully saturated rings. The van der Waals surface area contributed by atoms with Crippen molar-refractivity contribution in [1.29, 1.82) is 0 Å². The molecule has 0 amide bonds. The zero-order valence-electron chi connectivity index (χ0n) is 11.3. The summed E-state index contributed by atoms with van der Waals surface area (Å²) in [7, 11) is 0. The molecular weight excluding hydrogens is 266 g/mol. The summed E-state index contributed by atoms with van der Waals surface area (Å²) in [5.41, 5.74) is 0. The van der Waals surface area contributed by atoms with Crippen molar-refractivity contribution in [1.82, 2.24) is 0 Å². The minimum Gasteiger partial charge on any atom is -0.486 e. The van der Waals surface area contributed by atoms with Crippen LogP contribution >= 0.6 is 24.8 Å². The molecule has 0 atom stereocenters. The number of hydrogen-bond donors (Lipinski definition) is 1. The van der Waals surface area contributed by atoms with E-state index < -0.39 is 0 Å². The molecule has 0 saturated heterocycles. The predicted molar refractivity (Wildman–Crippen MR) is 87.2 cm³/mol. The highest BCUT2D eigenvalue weighted by atomic mass is 32.1. The van der Waals surface area contributed by atoms with Crippen LogP contribution in [0.5, 0.6) is 0 Å². The van der Waals surface area contributed by atoms with Gasteiger partial charge in [0.05, 0.1) is 13.1 Å². The maximum absolute atomic E-state index is 5.64. The van der Waals surface area contributed by atoms with Crippen LogP contribution in [0.2, 0.25) is 0 Å². The molecule has 0 unspecified atom stereocenters. The van der Waals surface area contributed by atoms with Gasteiger partial charge in [-0.25, -0.2) is 0 Å². The Bertz CT molecular complexity index is 195. The molecule has 4 heteroatoms. The van der Waals surface area contributed by atoms with Crippen LogP contribution in [0, 0.1) is 0 Å². The van der Waals surface area contributed by atoms with Crippen LogP contribution in [0.1, 0.15) is 65.2 Å². The van der Waals surface area contributed by atoms with Gasteiger partial charge in [-0.3, -0.25) is 0 Å². The molecule has 0 radical (unpaired) electrons. The highest BCUT2D eigenvalue weighted by Crippen LogP contribution is 2.16. The third-order valence-corrected chi connectivity index (χ3v) is 4.63. The smallest absolute Gasteiger partial charge is 0.212 e. The number of thiocarbonyl (C=S) groups is 1. The van der Waals surface area contributed by atoms with Crippen LogP contribution in [-0.4, -0.2) is 21.3 Å². The van der Waals surface area contributed by atoms with Crippen molar-refractivity contribution in [2.45, 2.75) is 65.2 Å². The Morgan fingerprint density at radius 3 is 1.65 bits per heavy atom. The van der Waals surface area contributed by atoms with Crippen LogP contribution in [-0.2, 0) is 12.8 Å². The Morgan fingerprint density at radius 2 is 1.35 bits per heavy atom. The minimum absolute atomic E-state index is 0.464. The summed E-state index contributed by atoms with van der Waals surface area (Å²) in [5, 5.41) is 0. The van der Waals surface area contributed by atoms with Crippen LogP contribution in [0.3, 0.4) is 0 Å². The second-order valence-electron chi connectivity index (χ2n) is 4.74. The van der Waals surface area contributed by atoms with Crippen molar-refractivity contribution in [2.24, 2.45) is 0 Å². The summed E-state index contributed by atoms with van der Waals surface area (Å²) in [5.74, 6) is 0. The normalized spacial score (nSPS) is 11.8. The zero-order valence-corrected chi connectivity index (χ0v) is 13.8. The lowest BCUT2D eigenvalue weighted by Crippen LogP contribution is -2.46. The quantitative estimate of drug-likeness (QED) is 0.205. The fourth-order valence-corrected chi connectivity index (χ4v) is 2.53. The van der Waals surface area contributed by atoms with E-state index in [1.807, 2.05) is 0 Å². The van der Waals surface area contributed by atoms with Crippen molar-refractivity contribution in [3.8, 4) is 0 Å². The molecule has 0 N–H and O–H groups in total. The number of hydrogen-bond acceptors (Lipinski definition) is 2. The Labute approximate surface area is 124 Å². The fraction of sp³-hybridized carbons (Fsp3) is 0.923. The van der Waals surface area contributed by atoms with E-state index in [9.17, 15) is 0 Å². The van der Waals surface area contributed by atoms with E-state index in [1.165, 1.54) is 51.4 Å². The summed E-state index contributed by atoms with van der Waals surface area (Å²) in [4.78, 5) is 0. The molecule has 1 nitrogen and oxygen atoms in total. The number of rotatable bonds is 10. The summed E-state index contributed by atoms with van der Waals surface area (Å²) in [6, 6.07) is 0. The van der Waals surface area contributed by atoms with Gasteiger partial charge in [-0.2, -0.15) is 0 Å². The first-order valence-electron chi connectivity index (χ1n) is 6.88. The Kier molecular flexibility index (Phi) is 11.1. The second kappa shape index (κ2) is 10.7. The molecule has 17 heavy (non-hydrogen) atoms. The lowest BCUT2D eigenvalue weighted by Gasteiger charge is -2.42. The van der Waals surface area contributed by atoms with Gasteiger partial charge < -0.3 is 16.7 Å². The molecule has 0 heterocycles. The topological polar surface area (TPSA) is 0 Å². The minimum atomic E-state index is 0.464. The van der Waals surface area contributed by atoms with E-state index in [-0.39, 0.29) is 0 Å². The molecule has 0 aliphatic carbocycles. The van der Waals surface area contributed by atoms with Crippen molar-refractivity contribution in [3.05, 3.63) is 0 Å². The first-order valence-corrected chi connectivity index (χ1v) is 8.10. The third kappa shape index (κ3) is 8.46. The van der Waals surface area contributed by atoms with Crippen LogP contribution in [0.4, 0.5) is 0 Å². The molecule has 0 aliphatic heterocycles. The molecule has 0 aromatic heterocycles. The van der Waals surface area contributed by atoms with E-state index in [1.54, 1.807) is 0 Å².